The van der Waals surface area contributed by atoms with Crippen molar-refractivity contribution >= 4 is 11.8 Å². The molecule has 1 heterocycles. The summed E-state index contributed by atoms with van der Waals surface area (Å²) < 4.78 is 0. The van der Waals surface area contributed by atoms with E-state index in [1.165, 1.54) is 24.0 Å². The number of benzene rings is 1. The summed E-state index contributed by atoms with van der Waals surface area (Å²) >= 11 is 1.38. The molecule has 2 N–H and O–H groups in total. The van der Waals surface area contributed by atoms with Crippen LogP contribution in [0.3, 0.4) is 0 Å². The maximum absolute atomic E-state index is 11.1. The maximum Gasteiger partial charge on any atom is 0.251 e. The van der Waals surface area contributed by atoms with E-state index in [9.17, 15) is 9.90 Å². The minimum Gasteiger partial charge on any atom is -0.388 e. The highest BCUT2D eigenvalue weighted by Crippen LogP contribution is 2.25. The first-order chi connectivity index (χ1) is 8.69. The predicted octanol–water partition coefficient (Wildman–Crippen LogP) is 2.36. The standard InChI is InChI=1S/C13H14N2O2S/c1-2-11(16)9-3-5-10(6-4-9)18-13-14-8-7-12(17)15-13/h3-8,11,16H,2H2,1H3,(H,14,15,17)/t11-/m1/s1. The minimum atomic E-state index is -0.418. The van der Waals surface area contributed by atoms with Crippen LogP contribution in [-0.2, 0) is 0 Å². The van der Waals surface area contributed by atoms with Crippen LogP contribution in [0.2, 0.25) is 0 Å². The number of nitrogens with one attached hydrogen (secondary N) is 1. The van der Waals surface area contributed by atoms with Crippen LogP contribution in [0, 0.1) is 0 Å². The van der Waals surface area contributed by atoms with Crippen LogP contribution in [-0.4, -0.2) is 15.1 Å². The molecule has 18 heavy (non-hydrogen) atoms. The predicted molar refractivity (Wildman–Crippen MR) is 70.7 cm³/mol. The van der Waals surface area contributed by atoms with Gasteiger partial charge in [-0.1, -0.05) is 30.8 Å². The molecule has 1 atom stereocenters. The topological polar surface area (TPSA) is 66.0 Å². The molecule has 0 saturated heterocycles. The van der Waals surface area contributed by atoms with E-state index in [4.69, 9.17) is 0 Å². The molecule has 94 valence electrons. The number of rotatable bonds is 4. The lowest BCUT2D eigenvalue weighted by Crippen LogP contribution is -2.04. The fourth-order valence-electron chi connectivity index (χ4n) is 1.51. The first-order valence-corrected chi connectivity index (χ1v) is 6.52. The van der Waals surface area contributed by atoms with Crippen molar-refractivity contribution in [1.82, 2.24) is 9.97 Å². The monoisotopic (exact) mass is 262 g/mol. The average Bonchev–Trinajstić information content (AvgIpc) is 2.39. The summed E-state index contributed by atoms with van der Waals surface area (Å²) in [6.45, 7) is 1.94. The Bertz CT molecular complexity index is 566. The van der Waals surface area contributed by atoms with Gasteiger partial charge in [0.05, 0.1) is 6.10 Å². The Morgan fingerprint density at radius 3 is 2.67 bits per heavy atom. The molecular weight excluding hydrogens is 248 g/mol. The van der Waals surface area contributed by atoms with E-state index in [0.717, 1.165) is 10.5 Å². The van der Waals surface area contributed by atoms with Crippen LogP contribution in [0.25, 0.3) is 0 Å². The summed E-state index contributed by atoms with van der Waals surface area (Å²) in [6.07, 6.45) is 1.76. The Morgan fingerprint density at radius 2 is 2.06 bits per heavy atom. The Hall–Kier alpha value is -1.59. The van der Waals surface area contributed by atoms with Crippen LogP contribution in [0.15, 0.2) is 51.4 Å². The first kappa shape index (κ1) is 12.9. The average molecular weight is 262 g/mol. The third-order valence-corrected chi connectivity index (χ3v) is 3.42. The molecule has 0 aliphatic heterocycles. The molecule has 0 aliphatic rings. The van der Waals surface area contributed by atoms with Crippen molar-refractivity contribution in [2.45, 2.75) is 29.5 Å². The number of aliphatic hydroxyl groups excluding tert-OH is 1. The van der Waals surface area contributed by atoms with Crippen LogP contribution in [0.1, 0.15) is 25.0 Å². The minimum absolute atomic E-state index is 0.162. The second-order valence-corrected chi connectivity index (χ2v) is 4.90. The van der Waals surface area contributed by atoms with Gasteiger partial charge in [-0.3, -0.25) is 4.79 Å². The molecular formula is C13H14N2O2S. The number of H-pyrrole nitrogens is 1. The number of aromatic amines is 1. The largest absolute Gasteiger partial charge is 0.388 e. The Morgan fingerprint density at radius 1 is 1.33 bits per heavy atom. The fraction of sp³-hybridized carbons (Fsp3) is 0.231. The van der Waals surface area contributed by atoms with E-state index in [-0.39, 0.29) is 5.56 Å². The molecule has 0 radical (unpaired) electrons. The van der Waals surface area contributed by atoms with E-state index >= 15 is 0 Å². The smallest absolute Gasteiger partial charge is 0.251 e. The maximum atomic E-state index is 11.1. The summed E-state index contributed by atoms with van der Waals surface area (Å²) in [4.78, 5) is 18.8. The lowest BCUT2D eigenvalue weighted by molar-refractivity contribution is 0.173. The van der Waals surface area contributed by atoms with Crippen molar-refractivity contribution in [3.05, 3.63) is 52.4 Å². The third kappa shape index (κ3) is 3.21. The first-order valence-electron chi connectivity index (χ1n) is 5.70. The molecule has 0 aliphatic carbocycles. The lowest BCUT2D eigenvalue weighted by atomic mass is 10.1. The molecule has 2 aromatic rings. The highest BCUT2D eigenvalue weighted by molar-refractivity contribution is 7.99. The second-order valence-electron chi connectivity index (χ2n) is 3.83. The fourth-order valence-corrected chi connectivity index (χ4v) is 2.27. The van der Waals surface area contributed by atoms with Gasteiger partial charge >= 0.3 is 0 Å². The highest BCUT2D eigenvalue weighted by atomic mass is 32.2. The van der Waals surface area contributed by atoms with Gasteiger partial charge < -0.3 is 10.1 Å². The van der Waals surface area contributed by atoms with Gasteiger partial charge in [-0.05, 0) is 24.1 Å². The molecule has 0 unspecified atom stereocenters. The Labute approximate surface area is 109 Å². The van der Waals surface area contributed by atoms with Crippen molar-refractivity contribution in [3.63, 3.8) is 0 Å². The molecule has 0 fully saturated rings. The highest BCUT2D eigenvalue weighted by Gasteiger charge is 2.05. The molecule has 4 nitrogen and oxygen atoms in total. The number of hydrogen-bond acceptors (Lipinski definition) is 4. The van der Waals surface area contributed by atoms with Gasteiger partial charge in [-0.15, -0.1) is 0 Å². The van der Waals surface area contributed by atoms with E-state index in [2.05, 4.69) is 9.97 Å². The van der Waals surface area contributed by atoms with Gasteiger partial charge in [-0.25, -0.2) is 4.98 Å². The van der Waals surface area contributed by atoms with Crippen molar-refractivity contribution < 1.29 is 5.11 Å². The zero-order valence-electron chi connectivity index (χ0n) is 9.96. The number of aromatic nitrogens is 2. The van der Waals surface area contributed by atoms with Crippen LogP contribution in [0.5, 0.6) is 0 Å². The van der Waals surface area contributed by atoms with Gasteiger partial charge in [0.2, 0.25) is 0 Å². The molecule has 0 bridgehead atoms. The van der Waals surface area contributed by atoms with Crippen molar-refractivity contribution in [3.8, 4) is 0 Å². The number of hydrogen-bond donors (Lipinski definition) is 2. The van der Waals surface area contributed by atoms with E-state index in [0.29, 0.717) is 11.6 Å². The molecule has 0 spiro atoms. The molecule has 1 aromatic heterocycles. The summed E-state index contributed by atoms with van der Waals surface area (Å²) in [5.74, 6) is 0. The van der Waals surface area contributed by atoms with Gasteiger partial charge in [0.1, 0.15) is 0 Å². The Kier molecular flexibility index (Phi) is 4.17. The van der Waals surface area contributed by atoms with Gasteiger partial charge in [0, 0.05) is 17.2 Å². The zero-order valence-corrected chi connectivity index (χ0v) is 10.8. The van der Waals surface area contributed by atoms with Crippen LogP contribution < -0.4 is 5.56 Å². The van der Waals surface area contributed by atoms with Crippen molar-refractivity contribution in [1.29, 1.82) is 0 Å². The van der Waals surface area contributed by atoms with Crippen LogP contribution >= 0.6 is 11.8 Å². The van der Waals surface area contributed by atoms with E-state index in [1.807, 2.05) is 31.2 Å². The summed E-state index contributed by atoms with van der Waals surface area (Å²) in [5.41, 5.74) is 0.738. The quantitative estimate of drug-likeness (QED) is 0.830. The molecule has 0 saturated carbocycles. The van der Waals surface area contributed by atoms with Crippen molar-refractivity contribution in [2.75, 3.05) is 0 Å². The number of aliphatic hydroxyl groups is 1. The van der Waals surface area contributed by atoms with E-state index in [1.54, 1.807) is 0 Å². The molecule has 2 rings (SSSR count). The normalized spacial score (nSPS) is 12.3. The van der Waals surface area contributed by atoms with Gasteiger partial charge in [-0.2, -0.15) is 0 Å². The summed E-state index contributed by atoms with van der Waals surface area (Å²) in [7, 11) is 0. The van der Waals surface area contributed by atoms with Gasteiger partial charge in [0.25, 0.3) is 5.56 Å². The molecule has 0 amide bonds. The van der Waals surface area contributed by atoms with Crippen LogP contribution in [0.4, 0.5) is 0 Å². The SMILES string of the molecule is CC[C@@H](O)c1ccc(Sc2nccc(=O)[nH]2)cc1. The molecule has 1 aromatic carbocycles. The van der Waals surface area contributed by atoms with Gasteiger partial charge in [0.15, 0.2) is 5.16 Å². The van der Waals surface area contributed by atoms with E-state index < -0.39 is 6.10 Å². The molecule has 5 heteroatoms. The second kappa shape index (κ2) is 5.84. The summed E-state index contributed by atoms with van der Waals surface area (Å²) in [5, 5.41) is 10.2. The summed E-state index contributed by atoms with van der Waals surface area (Å²) in [6, 6.07) is 8.97. The Balaban J connectivity index is 2.13. The lowest BCUT2D eigenvalue weighted by Gasteiger charge is -2.08. The number of nitrogens with zero attached hydrogens (tertiary/aromatic N) is 1. The van der Waals surface area contributed by atoms with Crippen molar-refractivity contribution in [2.24, 2.45) is 0 Å². The zero-order chi connectivity index (χ0) is 13.0. The third-order valence-electron chi connectivity index (χ3n) is 2.51.